The summed E-state index contributed by atoms with van der Waals surface area (Å²) in [5, 5.41) is 10.9. The van der Waals surface area contributed by atoms with Crippen LogP contribution in [0.25, 0.3) is 67.2 Å². The summed E-state index contributed by atoms with van der Waals surface area (Å²) in [6.45, 7) is 0. The van der Waals surface area contributed by atoms with Crippen molar-refractivity contribution in [1.29, 1.82) is 0 Å². The van der Waals surface area contributed by atoms with E-state index < -0.39 is 0 Å². The predicted octanol–water partition coefficient (Wildman–Crippen LogP) is 11.3. The number of benzene rings is 7. The molecule has 0 bridgehead atoms. The standard InChI is InChI=1S/C44H29N5O/c1-3-12-32(13-4-1)43-47-48-44(50-43)33-23-27-38(28-24-33)49(36-15-5-2-6-16-36)37-25-21-31(22-26-37)41-42(46-40-18-10-9-17-39(40)45-41)35-20-19-30-11-7-8-14-34(30)29-35/h1-29H. The fraction of sp³-hybridized carbons (Fsp3) is 0. The van der Waals surface area contributed by atoms with Crippen LogP contribution in [0.4, 0.5) is 17.1 Å². The quantitative estimate of drug-likeness (QED) is 0.172. The zero-order valence-electron chi connectivity index (χ0n) is 26.9. The van der Waals surface area contributed by atoms with Crippen molar-refractivity contribution >= 4 is 38.9 Å². The van der Waals surface area contributed by atoms with Crippen molar-refractivity contribution in [3.63, 3.8) is 0 Å². The second-order valence-corrected chi connectivity index (χ2v) is 12.0. The number of fused-ring (bicyclic) bond motifs is 2. The number of nitrogens with zero attached hydrogens (tertiary/aromatic N) is 5. The Hall–Kier alpha value is -6.92. The van der Waals surface area contributed by atoms with Crippen molar-refractivity contribution in [3.8, 4) is 45.4 Å². The van der Waals surface area contributed by atoms with Gasteiger partial charge in [0.15, 0.2) is 0 Å². The number of aromatic nitrogens is 4. The lowest BCUT2D eigenvalue weighted by atomic mass is 10.00. The molecule has 0 atom stereocenters. The summed E-state index contributed by atoms with van der Waals surface area (Å²) >= 11 is 0. The fourth-order valence-electron chi connectivity index (χ4n) is 6.32. The molecule has 0 fully saturated rings. The smallest absolute Gasteiger partial charge is 0.248 e. The molecular weight excluding hydrogens is 615 g/mol. The number of hydrogen-bond donors (Lipinski definition) is 0. The zero-order chi connectivity index (χ0) is 33.3. The van der Waals surface area contributed by atoms with E-state index >= 15 is 0 Å². The second-order valence-electron chi connectivity index (χ2n) is 12.0. The maximum absolute atomic E-state index is 6.02. The average Bonchev–Trinajstić information content (AvgIpc) is 3.69. The van der Waals surface area contributed by atoms with Gasteiger partial charge < -0.3 is 9.32 Å². The van der Waals surface area contributed by atoms with E-state index in [1.54, 1.807) is 0 Å². The minimum atomic E-state index is 0.477. The summed E-state index contributed by atoms with van der Waals surface area (Å²) in [6.07, 6.45) is 0. The van der Waals surface area contributed by atoms with E-state index in [0.717, 1.165) is 61.7 Å². The molecule has 7 aromatic carbocycles. The first-order valence-electron chi connectivity index (χ1n) is 16.5. The molecular formula is C44H29N5O. The number of para-hydroxylation sites is 3. The van der Waals surface area contributed by atoms with Crippen LogP contribution in [0.3, 0.4) is 0 Å². The van der Waals surface area contributed by atoms with Gasteiger partial charge in [-0.2, -0.15) is 0 Å². The summed E-state index contributed by atoms with van der Waals surface area (Å²) < 4.78 is 6.02. The Labute approximate surface area is 289 Å². The highest BCUT2D eigenvalue weighted by Gasteiger charge is 2.17. The maximum Gasteiger partial charge on any atom is 0.248 e. The Morgan fingerprint density at radius 3 is 1.46 bits per heavy atom. The summed E-state index contributed by atoms with van der Waals surface area (Å²) in [5.41, 5.74) is 10.2. The molecule has 6 heteroatoms. The highest BCUT2D eigenvalue weighted by Crippen LogP contribution is 2.38. The van der Waals surface area contributed by atoms with Gasteiger partial charge in [-0.25, -0.2) is 9.97 Å². The van der Waals surface area contributed by atoms with Crippen LogP contribution in [0.2, 0.25) is 0 Å². The second kappa shape index (κ2) is 12.6. The van der Waals surface area contributed by atoms with Crippen LogP contribution in [-0.4, -0.2) is 20.2 Å². The topological polar surface area (TPSA) is 67.9 Å². The molecule has 236 valence electrons. The van der Waals surface area contributed by atoms with Crippen LogP contribution in [0.15, 0.2) is 180 Å². The van der Waals surface area contributed by atoms with Crippen LogP contribution in [-0.2, 0) is 0 Å². The van der Waals surface area contributed by atoms with Crippen molar-refractivity contribution in [3.05, 3.63) is 176 Å². The van der Waals surface area contributed by atoms with E-state index in [-0.39, 0.29) is 0 Å². The monoisotopic (exact) mass is 643 g/mol. The molecule has 0 spiro atoms. The van der Waals surface area contributed by atoms with Crippen LogP contribution in [0.1, 0.15) is 0 Å². The molecule has 50 heavy (non-hydrogen) atoms. The van der Waals surface area contributed by atoms with Gasteiger partial charge in [0.1, 0.15) is 0 Å². The molecule has 2 heterocycles. The van der Waals surface area contributed by atoms with Gasteiger partial charge in [0, 0.05) is 39.3 Å². The van der Waals surface area contributed by atoms with Crippen LogP contribution < -0.4 is 4.90 Å². The number of rotatable bonds is 7. The van der Waals surface area contributed by atoms with Gasteiger partial charge in [0.05, 0.1) is 22.4 Å². The first-order chi connectivity index (χ1) is 24.8. The summed E-state index contributed by atoms with van der Waals surface area (Å²) in [6, 6.07) is 59.8. The lowest BCUT2D eigenvalue weighted by Crippen LogP contribution is -2.09. The Morgan fingerprint density at radius 2 is 0.820 bits per heavy atom. The average molecular weight is 644 g/mol. The third-order valence-corrected chi connectivity index (χ3v) is 8.82. The highest BCUT2D eigenvalue weighted by atomic mass is 16.4. The van der Waals surface area contributed by atoms with Gasteiger partial charge in [-0.05, 0) is 89.6 Å². The van der Waals surface area contributed by atoms with E-state index in [0.29, 0.717) is 11.8 Å². The largest absolute Gasteiger partial charge is 0.416 e. The Bertz CT molecular complexity index is 2580. The molecule has 0 saturated carbocycles. The maximum atomic E-state index is 6.02. The van der Waals surface area contributed by atoms with E-state index in [2.05, 4.69) is 118 Å². The van der Waals surface area contributed by atoms with Crippen molar-refractivity contribution in [2.24, 2.45) is 0 Å². The van der Waals surface area contributed by atoms with E-state index in [1.165, 1.54) is 10.8 Å². The first kappa shape index (κ1) is 29.2. The van der Waals surface area contributed by atoms with E-state index in [9.17, 15) is 0 Å². The van der Waals surface area contributed by atoms with E-state index in [4.69, 9.17) is 14.4 Å². The van der Waals surface area contributed by atoms with Crippen molar-refractivity contribution in [1.82, 2.24) is 20.2 Å². The molecule has 0 aliphatic carbocycles. The first-order valence-corrected chi connectivity index (χ1v) is 16.5. The minimum absolute atomic E-state index is 0.477. The van der Waals surface area contributed by atoms with Crippen LogP contribution in [0, 0.1) is 0 Å². The molecule has 0 unspecified atom stereocenters. The number of anilines is 3. The SMILES string of the molecule is c1ccc(-c2nnc(-c3ccc(N(c4ccccc4)c4ccc(-c5nc6ccccc6nc5-c5ccc6ccccc6c5)cc4)cc3)o2)cc1. The zero-order valence-corrected chi connectivity index (χ0v) is 26.9. The van der Waals surface area contributed by atoms with Crippen LogP contribution >= 0.6 is 0 Å². The molecule has 0 radical (unpaired) electrons. The van der Waals surface area contributed by atoms with E-state index in [1.807, 2.05) is 72.8 Å². The summed E-state index contributed by atoms with van der Waals surface area (Å²) in [5.74, 6) is 0.972. The van der Waals surface area contributed by atoms with Gasteiger partial charge in [-0.1, -0.05) is 97.1 Å². The van der Waals surface area contributed by atoms with Gasteiger partial charge in [0.25, 0.3) is 0 Å². The molecule has 9 rings (SSSR count). The van der Waals surface area contributed by atoms with Crippen molar-refractivity contribution in [2.45, 2.75) is 0 Å². The normalized spacial score (nSPS) is 11.2. The number of hydrogen-bond acceptors (Lipinski definition) is 6. The van der Waals surface area contributed by atoms with Crippen molar-refractivity contribution < 1.29 is 4.42 Å². The lowest BCUT2D eigenvalue weighted by Gasteiger charge is -2.25. The molecule has 6 nitrogen and oxygen atoms in total. The summed E-state index contributed by atoms with van der Waals surface area (Å²) in [7, 11) is 0. The summed E-state index contributed by atoms with van der Waals surface area (Å²) in [4.78, 5) is 12.5. The molecule has 0 aliphatic rings. The van der Waals surface area contributed by atoms with Gasteiger partial charge in [0.2, 0.25) is 11.8 Å². The predicted molar refractivity (Wildman–Crippen MR) is 201 cm³/mol. The lowest BCUT2D eigenvalue weighted by molar-refractivity contribution is 0.584. The van der Waals surface area contributed by atoms with Crippen molar-refractivity contribution in [2.75, 3.05) is 4.90 Å². The van der Waals surface area contributed by atoms with Gasteiger partial charge in [-0.15, -0.1) is 10.2 Å². The van der Waals surface area contributed by atoms with Crippen LogP contribution in [0.5, 0.6) is 0 Å². The Balaban J connectivity index is 1.09. The molecule has 0 aliphatic heterocycles. The molecule has 0 amide bonds. The van der Waals surface area contributed by atoms with Gasteiger partial charge in [-0.3, -0.25) is 0 Å². The fourth-order valence-corrected chi connectivity index (χ4v) is 6.32. The molecule has 0 N–H and O–H groups in total. The molecule has 0 saturated heterocycles. The molecule has 2 aromatic heterocycles. The minimum Gasteiger partial charge on any atom is -0.416 e. The molecule has 9 aromatic rings. The van der Waals surface area contributed by atoms with Gasteiger partial charge >= 0.3 is 0 Å². The third kappa shape index (κ3) is 5.55. The Kier molecular flexibility index (Phi) is 7.37. The third-order valence-electron chi connectivity index (χ3n) is 8.82. The highest BCUT2D eigenvalue weighted by molar-refractivity contribution is 5.92. The Morgan fingerprint density at radius 1 is 0.360 bits per heavy atom.